The first kappa shape index (κ1) is 14.1. The molecule has 0 spiro atoms. The van der Waals surface area contributed by atoms with E-state index in [0.29, 0.717) is 18.6 Å². The fraction of sp³-hybridized carbons (Fsp3) is 0.727. The summed E-state index contributed by atoms with van der Waals surface area (Å²) in [6.07, 6.45) is 1.29. The lowest BCUT2D eigenvalue weighted by atomic mass is 9.92. The molecule has 0 amide bonds. The normalized spacial score (nSPS) is 16.1. The molecule has 2 atom stereocenters. The monoisotopic (exact) mass is 215 g/mol. The molecule has 0 fully saturated rings. The molecule has 0 saturated carbocycles. The van der Waals surface area contributed by atoms with Gasteiger partial charge in [0.25, 0.3) is 0 Å². The van der Waals surface area contributed by atoms with Crippen molar-refractivity contribution in [2.75, 3.05) is 7.11 Å². The maximum atomic E-state index is 9.36. The number of hydrogen-bond donors (Lipinski definition) is 2. The molecule has 0 aliphatic heterocycles. The smallest absolute Gasteiger partial charge is 0.154 e. The average Bonchev–Trinajstić information content (AvgIpc) is 2.22. The zero-order chi connectivity index (χ0) is 11.8. The summed E-state index contributed by atoms with van der Waals surface area (Å²) in [5.41, 5.74) is 1.70. The summed E-state index contributed by atoms with van der Waals surface area (Å²) in [5.74, 6) is 0.191. The highest BCUT2D eigenvalue weighted by Gasteiger charge is 2.15. The zero-order valence-electron chi connectivity index (χ0n) is 9.73. The Bertz CT molecular complexity index is 226. The van der Waals surface area contributed by atoms with Gasteiger partial charge >= 0.3 is 0 Å². The summed E-state index contributed by atoms with van der Waals surface area (Å²) in [6, 6.07) is 0. The fourth-order valence-corrected chi connectivity index (χ4v) is 1.34. The van der Waals surface area contributed by atoms with Crippen LogP contribution in [0.15, 0.2) is 17.3 Å². The molecule has 4 nitrogen and oxygen atoms in total. The predicted octanol–water partition coefficient (Wildman–Crippen LogP) is 2.16. The second-order valence-electron chi connectivity index (χ2n) is 3.84. The number of nitrogens with zero attached hydrogens (tertiary/aromatic N) is 1. The average molecular weight is 215 g/mol. The van der Waals surface area contributed by atoms with Crippen LogP contribution in [0.2, 0.25) is 0 Å². The number of hydrogen-bond acceptors (Lipinski definition) is 4. The van der Waals surface area contributed by atoms with E-state index in [9.17, 15) is 5.11 Å². The van der Waals surface area contributed by atoms with Gasteiger partial charge < -0.3 is 15.1 Å². The standard InChI is InChI=1S/C11H21NO3/c1-8(2)10(7-11(13)15-4)6-5-9(3)12-14/h10-11,13-14H,1,5-7H2,2-4H3/t10-,11?/m0/s1. The number of aliphatic hydroxyl groups is 1. The van der Waals surface area contributed by atoms with Gasteiger partial charge in [0.1, 0.15) is 0 Å². The van der Waals surface area contributed by atoms with Crippen LogP contribution in [-0.4, -0.2) is 29.4 Å². The first-order valence-electron chi connectivity index (χ1n) is 5.05. The Morgan fingerprint density at radius 1 is 1.47 bits per heavy atom. The van der Waals surface area contributed by atoms with E-state index in [2.05, 4.69) is 11.7 Å². The minimum atomic E-state index is -0.752. The van der Waals surface area contributed by atoms with Gasteiger partial charge in [-0.1, -0.05) is 17.3 Å². The lowest BCUT2D eigenvalue weighted by Gasteiger charge is -2.19. The first-order chi connectivity index (χ1) is 7.01. The lowest BCUT2D eigenvalue weighted by Crippen LogP contribution is -2.16. The quantitative estimate of drug-likeness (QED) is 0.225. The Labute approximate surface area is 91.3 Å². The number of allylic oxidation sites excluding steroid dienone is 1. The molecule has 0 aliphatic carbocycles. The molecule has 4 heteroatoms. The van der Waals surface area contributed by atoms with E-state index in [4.69, 9.17) is 9.94 Å². The predicted molar refractivity (Wildman–Crippen MR) is 60.1 cm³/mol. The second-order valence-corrected chi connectivity index (χ2v) is 3.84. The van der Waals surface area contributed by atoms with Crippen molar-refractivity contribution in [3.05, 3.63) is 12.2 Å². The zero-order valence-corrected chi connectivity index (χ0v) is 9.73. The minimum Gasteiger partial charge on any atom is -0.411 e. The maximum Gasteiger partial charge on any atom is 0.154 e. The summed E-state index contributed by atoms with van der Waals surface area (Å²) in [5, 5.41) is 21.0. The SMILES string of the molecule is C=C(C)[C@@H](CCC(C)=NO)CC(O)OC. The highest BCUT2D eigenvalue weighted by atomic mass is 16.6. The van der Waals surface area contributed by atoms with Gasteiger partial charge in [0, 0.05) is 13.5 Å². The number of aliphatic hydroxyl groups excluding tert-OH is 1. The number of rotatable bonds is 7. The van der Waals surface area contributed by atoms with Crippen LogP contribution in [0.25, 0.3) is 0 Å². The van der Waals surface area contributed by atoms with Crippen molar-refractivity contribution in [3.8, 4) is 0 Å². The Morgan fingerprint density at radius 3 is 2.47 bits per heavy atom. The van der Waals surface area contributed by atoms with Crippen LogP contribution in [0.1, 0.15) is 33.1 Å². The van der Waals surface area contributed by atoms with E-state index >= 15 is 0 Å². The molecule has 0 rings (SSSR count). The van der Waals surface area contributed by atoms with Crippen LogP contribution < -0.4 is 0 Å². The first-order valence-corrected chi connectivity index (χ1v) is 5.05. The molecule has 0 bridgehead atoms. The van der Waals surface area contributed by atoms with Crippen molar-refractivity contribution in [3.63, 3.8) is 0 Å². The van der Waals surface area contributed by atoms with Crippen molar-refractivity contribution in [1.29, 1.82) is 0 Å². The van der Waals surface area contributed by atoms with Gasteiger partial charge in [0.2, 0.25) is 0 Å². The van der Waals surface area contributed by atoms with E-state index in [1.165, 1.54) is 7.11 Å². The van der Waals surface area contributed by atoms with E-state index in [1.54, 1.807) is 6.92 Å². The summed E-state index contributed by atoms with van der Waals surface area (Å²) in [7, 11) is 1.47. The highest BCUT2D eigenvalue weighted by Crippen LogP contribution is 2.21. The van der Waals surface area contributed by atoms with Crippen LogP contribution in [0.5, 0.6) is 0 Å². The third-order valence-corrected chi connectivity index (χ3v) is 2.48. The largest absolute Gasteiger partial charge is 0.411 e. The van der Waals surface area contributed by atoms with Crippen molar-refractivity contribution in [1.82, 2.24) is 0 Å². The highest BCUT2D eigenvalue weighted by molar-refractivity contribution is 5.81. The molecule has 0 aliphatic rings. The van der Waals surface area contributed by atoms with Crippen molar-refractivity contribution >= 4 is 5.71 Å². The van der Waals surface area contributed by atoms with Gasteiger partial charge in [-0.15, -0.1) is 0 Å². The number of methoxy groups -OCH3 is 1. The van der Waals surface area contributed by atoms with Crippen molar-refractivity contribution in [2.24, 2.45) is 11.1 Å². The molecule has 0 aromatic heterocycles. The Balaban J connectivity index is 4.11. The number of ether oxygens (including phenoxy) is 1. The van der Waals surface area contributed by atoms with Crippen LogP contribution in [0.3, 0.4) is 0 Å². The molecule has 88 valence electrons. The molecule has 1 unspecified atom stereocenters. The van der Waals surface area contributed by atoms with Crippen LogP contribution in [-0.2, 0) is 4.74 Å². The summed E-state index contributed by atoms with van der Waals surface area (Å²) in [6.45, 7) is 7.57. The summed E-state index contributed by atoms with van der Waals surface area (Å²) < 4.78 is 4.80. The van der Waals surface area contributed by atoms with Gasteiger partial charge in [0.05, 0.1) is 5.71 Å². The van der Waals surface area contributed by atoms with Gasteiger partial charge in [-0.2, -0.15) is 0 Å². The molecule has 0 saturated heterocycles. The van der Waals surface area contributed by atoms with Crippen LogP contribution >= 0.6 is 0 Å². The molecule has 0 heterocycles. The summed E-state index contributed by atoms with van der Waals surface area (Å²) >= 11 is 0. The van der Waals surface area contributed by atoms with Gasteiger partial charge in [0.15, 0.2) is 6.29 Å². The molecular formula is C11H21NO3. The molecule has 2 N–H and O–H groups in total. The van der Waals surface area contributed by atoms with Gasteiger partial charge in [-0.3, -0.25) is 0 Å². The lowest BCUT2D eigenvalue weighted by molar-refractivity contribution is -0.0851. The Hall–Kier alpha value is -0.870. The van der Waals surface area contributed by atoms with Crippen molar-refractivity contribution in [2.45, 2.75) is 39.4 Å². The topological polar surface area (TPSA) is 62.1 Å². The van der Waals surface area contributed by atoms with E-state index in [1.807, 2.05) is 6.92 Å². The van der Waals surface area contributed by atoms with E-state index in [0.717, 1.165) is 12.0 Å². The van der Waals surface area contributed by atoms with Crippen LogP contribution in [0.4, 0.5) is 0 Å². The minimum absolute atomic E-state index is 0.191. The molecule has 0 aromatic carbocycles. The van der Waals surface area contributed by atoms with E-state index in [-0.39, 0.29) is 5.92 Å². The Kier molecular flexibility index (Phi) is 6.99. The van der Waals surface area contributed by atoms with Gasteiger partial charge in [-0.25, -0.2) is 0 Å². The second kappa shape index (κ2) is 7.43. The van der Waals surface area contributed by atoms with Crippen molar-refractivity contribution < 1.29 is 15.1 Å². The van der Waals surface area contributed by atoms with E-state index < -0.39 is 6.29 Å². The molecule has 0 radical (unpaired) electrons. The molecular weight excluding hydrogens is 194 g/mol. The maximum absolute atomic E-state index is 9.36. The molecule has 0 aromatic rings. The summed E-state index contributed by atoms with van der Waals surface area (Å²) in [4.78, 5) is 0. The number of oxime groups is 1. The van der Waals surface area contributed by atoms with Gasteiger partial charge in [-0.05, 0) is 32.6 Å². The fourth-order valence-electron chi connectivity index (χ4n) is 1.34. The third-order valence-electron chi connectivity index (χ3n) is 2.48. The molecule has 15 heavy (non-hydrogen) atoms. The third kappa shape index (κ3) is 6.25. The van der Waals surface area contributed by atoms with Crippen LogP contribution in [0, 0.1) is 5.92 Å². The Morgan fingerprint density at radius 2 is 2.07 bits per heavy atom.